The quantitative estimate of drug-likeness (QED) is 0.780. The van der Waals surface area contributed by atoms with E-state index < -0.39 is 35.0 Å². The molecule has 3 heterocycles. The van der Waals surface area contributed by atoms with Crippen LogP contribution in [0.4, 0.5) is 5.69 Å². The van der Waals surface area contributed by atoms with Crippen molar-refractivity contribution in [2.45, 2.75) is 37.6 Å². The number of halogens is 1. The molecule has 3 fully saturated rings. The fourth-order valence-corrected chi connectivity index (χ4v) is 4.67. The number of carbonyl (C=O) groups is 2. The number of aliphatic hydroxyl groups excluding tert-OH is 1. The Labute approximate surface area is 143 Å². The van der Waals surface area contributed by atoms with Crippen molar-refractivity contribution in [2.75, 3.05) is 4.90 Å². The Morgan fingerprint density at radius 2 is 2.00 bits per heavy atom. The number of anilines is 1. The van der Waals surface area contributed by atoms with Gasteiger partial charge in [-0.3, -0.25) is 9.59 Å². The number of imide groups is 1. The molecule has 1 aromatic carbocycles. The zero-order valence-electron chi connectivity index (χ0n) is 13.1. The molecule has 2 bridgehead atoms. The molecule has 24 heavy (non-hydrogen) atoms. The largest absolute Gasteiger partial charge is 0.390 e. The monoisotopic (exact) mass is 346 g/mol. The van der Waals surface area contributed by atoms with Crippen molar-refractivity contribution in [3.05, 3.63) is 28.8 Å². The Hall–Kier alpha value is -1.94. The number of aliphatic hydroxyl groups is 1. The van der Waals surface area contributed by atoms with Crippen LogP contribution in [0.3, 0.4) is 0 Å². The summed E-state index contributed by atoms with van der Waals surface area (Å²) in [4.78, 5) is 27.0. The van der Waals surface area contributed by atoms with Gasteiger partial charge in [0.15, 0.2) is 0 Å². The van der Waals surface area contributed by atoms with Crippen molar-refractivity contribution in [3.63, 3.8) is 0 Å². The first-order valence-electron chi connectivity index (χ1n) is 7.68. The minimum Gasteiger partial charge on any atom is -0.390 e. The smallest absolute Gasteiger partial charge is 0.240 e. The summed E-state index contributed by atoms with van der Waals surface area (Å²) in [5.41, 5.74) is -1.40. The number of rotatable bonds is 1. The molecule has 1 N–H and O–H groups in total. The van der Waals surface area contributed by atoms with E-state index in [1.165, 1.54) is 12.1 Å². The van der Waals surface area contributed by atoms with Crippen molar-refractivity contribution < 1.29 is 19.4 Å². The van der Waals surface area contributed by atoms with Gasteiger partial charge < -0.3 is 9.84 Å². The van der Waals surface area contributed by atoms with Gasteiger partial charge in [-0.15, -0.1) is 0 Å². The van der Waals surface area contributed by atoms with Crippen LogP contribution < -0.4 is 4.90 Å². The Morgan fingerprint density at radius 3 is 2.67 bits per heavy atom. The van der Waals surface area contributed by atoms with Crippen LogP contribution in [0, 0.1) is 23.2 Å². The van der Waals surface area contributed by atoms with Gasteiger partial charge in [-0.05, 0) is 32.0 Å². The van der Waals surface area contributed by atoms with E-state index in [4.69, 9.17) is 21.6 Å². The summed E-state index contributed by atoms with van der Waals surface area (Å²) in [5, 5.41) is 19.7. The number of amides is 2. The Balaban J connectivity index is 1.81. The molecule has 2 amide bonds. The van der Waals surface area contributed by atoms with Crippen molar-refractivity contribution in [2.24, 2.45) is 11.8 Å². The third-order valence-electron chi connectivity index (χ3n) is 5.62. The summed E-state index contributed by atoms with van der Waals surface area (Å²) in [7, 11) is 0. The molecule has 1 aromatic rings. The molecule has 0 spiro atoms. The summed E-state index contributed by atoms with van der Waals surface area (Å²) >= 11 is 5.93. The van der Waals surface area contributed by atoms with Crippen LogP contribution in [-0.2, 0) is 14.3 Å². The molecule has 3 aliphatic heterocycles. The molecule has 4 rings (SSSR count). The van der Waals surface area contributed by atoms with E-state index >= 15 is 0 Å². The molecule has 3 aliphatic rings. The van der Waals surface area contributed by atoms with Crippen molar-refractivity contribution in [1.29, 1.82) is 5.26 Å². The fourth-order valence-electron chi connectivity index (χ4n) is 4.51. The van der Waals surface area contributed by atoms with Crippen LogP contribution in [-0.4, -0.2) is 34.2 Å². The lowest BCUT2D eigenvalue weighted by molar-refractivity contribution is -0.132. The standard InChI is InChI=1S/C17H15ClN2O4/c1-16-6-11(21)17(2,24-16)13-12(16)14(22)20(15(13)23)9-3-4-10(18)8(5-9)7-19/h3-5,11-13,21H,6H2,1-2H3/t11-,12+,13-,16?,17?/m0/s1. The van der Waals surface area contributed by atoms with Gasteiger partial charge in [0.25, 0.3) is 0 Å². The van der Waals surface area contributed by atoms with E-state index in [1.807, 2.05) is 6.07 Å². The van der Waals surface area contributed by atoms with E-state index in [1.54, 1.807) is 19.9 Å². The van der Waals surface area contributed by atoms with Gasteiger partial charge in [0.1, 0.15) is 11.7 Å². The minimum atomic E-state index is -1.06. The van der Waals surface area contributed by atoms with Crippen molar-refractivity contribution >= 4 is 29.1 Å². The molecule has 7 heteroatoms. The molecule has 6 nitrogen and oxygen atoms in total. The number of hydrogen-bond donors (Lipinski definition) is 1. The molecular formula is C17H15ClN2O4. The zero-order chi connectivity index (χ0) is 17.4. The number of hydrogen-bond acceptors (Lipinski definition) is 5. The second-order valence-corrected chi connectivity index (χ2v) is 7.47. The second-order valence-electron chi connectivity index (χ2n) is 7.06. The predicted octanol–water partition coefficient (Wildman–Crippen LogP) is 1.63. The highest BCUT2D eigenvalue weighted by Gasteiger charge is 2.75. The third kappa shape index (κ3) is 1.67. The van der Waals surface area contributed by atoms with Crippen molar-refractivity contribution in [3.8, 4) is 6.07 Å². The number of nitrogens with zero attached hydrogens (tertiary/aromatic N) is 2. The molecular weight excluding hydrogens is 332 g/mol. The number of fused-ring (bicyclic) bond motifs is 5. The first-order valence-corrected chi connectivity index (χ1v) is 8.06. The van der Waals surface area contributed by atoms with E-state index in [2.05, 4.69) is 0 Å². The third-order valence-corrected chi connectivity index (χ3v) is 5.95. The molecule has 3 saturated heterocycles. The molecule has 0 aromatic heterocycles. The van der Waals surface area contributed by atoms with E-state index in [-0.39, 0.29) is 16.5 Å². The SMILES string of the molecule is CC12C[C@H](O)C(C)(O1)[C@@H]1C(=O)N(c3ccc(Cl)c(C#N)c3)C(=O)[C@@H]12. The van der Waals surface area contributed by atoms with Gasteiger partial charge in [-0.1, -0.05) is 11.6 Å². The van der Waals surface area contributed by atoms with Gasteiger partial charge in [0, 0.05) is 6.42 Å². The summed E-state index contributed by atoms with van der Waals surface area (Å²) in [6.45, 7) is 3.45. The maximum Gasteiger partial charge on any atom is 0.240 e. The van der Waals surface area contributed by atoms with E-state index in [0.717, 1.165) is 4.90 Å². The van der Waals surface area contributed by atoms with Gasteiger partial charge in [0.05, 0.1) is 39.8 Å². The average Bonchev–Trinajstić information content (AvgIpc) is 3.02. The zero-order valence-corrected chi connectivity index (χ0v) is 13.9. The highest BCUT2D eigenvalue weighted by molar-refractivity contribution is 6.32. The van der Waals surface area contributed by atoms with Crippen LogP contribution in [0.25, 0.3) is 0 Å². The fraction of sp³-hybridized carbons (Fsp3) is 0.471. The summed E-state index contributed by atoms with van der Waals surface area (Å²) in [6.07, 6.45) is -0.470. The average molecular weight is 347 g/mol. The Bertz CT molecular complexity index is 834. The van der Waals surface area contributed by atoms with Gasteiger partial charge in [-0.2, -0.15) is 5.26 Å². The number of nitriles is 1. The van der Waals surface area contributed by atoms with Crippen LogP contribution >= 0.6 is 11.6 Å². The van der Waals surface area contributed by atoms with Crippen LogP contribution in [0.1, 0.15) is 25.8 Å². The van der Waals surface area contributed by atoms with Crippen molar-refractivity contribution in [1.82, 2.24) is 0 Å². The minimum absolute atomic E-state index is 0.198. The Morgan fingerprint density at radius 1 is 1.33 bits per heavy atom. The number of ether oxygens (including phenoxy) is 1. The first-order chi connectivity index (χ1) is 11.2. The molecule has 124 valence electrons. The summed E-state index contributed by atoms with van der Waals surface area (Å²) in [5.74, 6) is -2.10. The molecule has 2 unspecified atom stereocenters. The Kier molecular flexibility index (Phi) is 2.97. The van der Waals surface area contributed by atoms with Gasteiger partial charge >= 0.3 is 0 Å². The molecule has 0 aliphatic carbocycles. The normalized spacial score (nSPS) is 40.1. The number of benzene rings is 1. The van der Waals surface area contributed by atoms with E-state index in [9.17, 15) is 14.7 Å². The highest BCUT2D eigenvalue weighted by atomic mass is 35.5. The van der Waals surface area contributed by atoms with Gasteiger partial charge in [-0.25, -0.2) is 4.90 Å². The lowest BCUT2D eigenvalue weighted by atomic mass is 9.67. The highest BCUT2D eigenvalue weighted by Crippen LogP contribution is 2.60. The van der Waals surface area contributed by atoms with E-state index in [0.29, 0.717) is 12.1 Å². The van der Waals surface area contributed by atoms with Crippen LogP contribution in [0.2, 0.25) is 5.02 Å². The lowest BCUT2D eigenvalue weighted by Gasteiger charge is -2.31. The predicted molar refractivity (Wildman–Crippen MR) is 84.2 cm³/mol. The summed E-state index contributed by atoms with van der Waals surface area (Å²) in [6, 6.07) is 6.42. The van der Waals surface area contributed by atoms with Gasteiger partial charge in [0.2, 0.25) is 11.8 Å². The second kappa shape index (κ2) is 4.57. The number of carbonyl (C=O) groups excluding carboxylic acids is 2. The molecule has 0 radical (unpaired) electrons. The molecule has 0 saturated carbocycles. The maximum atomic E-state index is 13.0. The van der Waals surface area contributed by atoms with Crippen LogP contribution in [0.5, 0.6) is 0 Å². The topological polar surface area (TPSA) is 90.6 Å². The lowest BCUT2D eigenvalue weighted by Crippen LogP contribution is -2.49. The first kappa shape index (κ1) is 15.6. The maximum absolute atomic E-state index is 13.0. The summed E-state index contributed by atoms with van der Waals surface area (Å²) < 4.78 is 5.92. The van der Waals surface area contributed by atoms with Crippen LogP contribution in [0.15, 0.2) is 18.2 Å². The molecule has 5 atom stereocenters.